The molecule has 0 fully saturated rings. The maximum absolute atomic E-state index is 13.4. The van der Waals surface area contributed by atoms with Crippen molar-refractivity contribution in [3.8, 4) is 0 Å². The Morgan fingerprint density at radius 1 is 1.53 bits per heavy atom. The normalized spacial score (nSPS) is 12.6. The summed E-state index contributed by atoms with van der Waals surface area (Å²) < 4.78 is 26.7. The topological polar surface area (TPSA) is 43.1 Å². The van der Waals surface area contributed by atoms with Crippen molar-refractivity contribution in [3.05, 3.63) is 33.8 Å². The Morgan fingerprint density at radius 3 is 2.67 bits per heavy atom. The van der Waals surface area contributed by atoms with Crippen LogP contribution in [0.1, 0.15) is 23.7 Å². The van der Waals surface area contributed by atoms with Crippen LogP contribution in [0, 0.1) is 11.6 Å². The van der Waals surface area contributed by atoms with Crippen molar-refractivity contribution in [1.82, 2.24) is 0 Å². The van der Waals surface area contributed by atoms with Gasteiger partial charge in [0.05, 0.1) is 16.1 Å². The number of benzene rings is 1. The molecule has 0 spiro atoms. The van der Waals surface area contributed by atoms with Gasteiger partial charge in [-0.2, -0.15) is 0 Å². The van der Waals surface area contributed by atoms with E-state index in [0.717, 1.165) is 6.07 Å². The summed E-state index contributed by atoms with van der Waals surface area (Å²) in [6.07, 6.45) is 0.338. The molecule has 0 saturated carbocycles. The molecule has 0 aliphatic carbocycles. The Labute approximate surface area is 94.6 Å². The molecule has 82 valence electrons. The van der Waals surface area contributed by atoms with Gasteiger partial charge in [-0.1, -0.05) is 6.92 Å². The lowest BCUT2D eigenvalue weighted by molar-refractivity contribution is 0.0951. The molecule has 1 rings (SSSR count). The number of hydrogen-bond acceptors (Lipinski definition) is 2. The number of carbonyl (C=O) groups excluding carboxylic acids is 1. The van der Waals surface area contributed by atoms with Crippen LogP contribution in [0.4, 0.5) is 8.78 Å². The summed E-state index contributed by atoms with van der Waals surface area (Å²) in [6, 6.07) is 1.37. The molecule has 0 radical (unpaired) electrons. The Kier molecular flexibility index (Phi) is 3.93. The lowest BCUT2D eigenvalue weighted by Crippen LogP contribution is -2.31. The van der Waals surface area contributed by atoms with Crippen molar-refractivity contribution in [2.45, 2.75) is 19.4 Å². The van der Waals surface area contributed by atoms with E-state index in [9.17, 15) is 13.6 Å². The first-order chi connectivity index (χ1) is 6.99. The van der Waals surface area contributed by atoms with Gasteiger partial charge in [0.25, 0.3) is 0 Å². The fourth-order valence-electron chi connectivity index (χ4n) is 1.12. The molecular formula is C10H10BrF2NO. The minimum absolute atomic E-state index is 0.0514. The van der Waals surface area contributed by atoms with Crippen LogP contribution >= 0.6 is 15.9 Å². The summed E-state index contributed by atoms with van der Waals surface area (Å²) in [6.45, 7) is 1.68. The molecule has 15 heavy (non-hydrogen) atoms. The predicted octanol–water partition coefficient (Wildman–Crippen LogP) is 2.65. The molecule has 5 heteroatoms. The molecular weight excluding hydrogens is 268 g/mol. The maximum atomic E-state index is 13.4. The van der Waals surface area contributed by atoms with Crippen LogP contribution in [0.25, 0.3) is 0 Å². The van der Waals surface area contributed by atoms with Gasteiger partial charge in [0.1, 0.15) is 5.82 Å². The van der Waals surface area contributed by atoms with Crippen LogP contribution in [0.2, 0.25) is 0 Å². The molecule has 2 N–H and O–H groups in total. The molecule has 0 heterocycles. The molecule has 0 amide bonds. The molecule has 2 nitrogen and oxygen atoms in total. The molecule has 0 aliphatic heterocycles. The highest BCUT2D eigenvalue weighted by atomic mass is 79.9. The Bertz CT molecular complexity index is 395. The number of halogens is 3. The molecule has 1 atom stereocenters. The summed E-state index contributed by atoms with van der Waals surface area (Å²) in [5.74, 6) is -2.50. The molecule has 1 aromatic carbocycles. The SMILES string of the molecule is CCC(N)C(=O)c1c(F)ccc(Br)c1F. The second kappa shape index (κ2) is 4.81. The van der Waals surface area contributed by atoms with E-state index in [1.807, 2.05) is 0 Å². The number of hydrogen-bond donors (Lipinski definition) is 1. The van der Waals surface area contributed by atoms with Gasteiger partial charge in [0.15, 0.2) is 11.6 Å². The van der Waals surface area contributed by atoms with Gasteiger partial charge in [0.2, 0.25) is 0 Å². The molecule has 0 bridgehead atoms. The fourth-order valence-corrected chi connectivity index (χ4v) is 1.45. The molecule has 0 saturated heterocycles. The third-order valence-corrected chi connectivity index (χ3v) is 2.68. The molecule has 1 aromatic rings. The highest BCUT2D eigenvalue weighted by Gasteiger charge is 2.23. The number of carbonyl (C=O) groups is 1. The monoisotopic (exact) mass is 277 g/mol. The zero-order valence-corrected chi connectivity index (χ0v) is 9.64. The highest BCUT2D eigenvalue weighted by Crippen LogP contribution is 2.22. The average molecular weight is 278 g/mol. The van der Waals surface area contributed by atoms with Crippen LogP contribution in [0.5, 0.6) is 0 Å². The van der Waals surface area contributed by atoms with E-state index in [1.165, 1.54) is 6.07 Å². The van der Waals surface area contributed by atoms with E-state index in [4.69, 9.17) is 5.73 Å². The average Bonchev–Trinajstić information content (AvgIpc) is 2.22. The lowest BCUT2D eigenvalue weighted by Gasteiger charge is -2.10. The fraction of sp³-hybridized carbons (Fsp3) is 0.300. The van der Waals surface area contributed by atoms with E-state index in [-0.39, 0.29) is 4.47 Å². The summed E-state index contributed by atoms with van der Waals surface area (Å²) in [4.78, 5) is 11.5. The lowest BCUT2D eigenvalue weighted by atomic mass is 10.0. The Morgan fingerprint density at radius 2 is 2.13 bits per heavy atom. The highest BCUT2D eigenvalue weighted by molar-refractivity contribution is 9.10. The molecule has 0 aromatic heterocycles. The van der Waals surface area contributed by atoms with Crippen molar-refractivity contribution in [2.75, 3.05) is 0 Å². The van der Waals surface area contributed by atoms with Crippen molar-refractivity contribution < 1.29 is 13.6 Å². The van der Waals surface area contributed by atoms with Crippen LogP contribution < -0.4 is 5.73 Å². The van der Waals surface area contributed by atoms with Crippen molar-refractivity contribution in [3.63, 3.8) is 0 Å². The summed E-state index contributed by atoms with van der Waals surface area (Å²) >= 11 is 2.88. The summed E-state index contributed by atoms with van der Waals surface area (Å²) in [5.41, 5.74) is 4.87. The van der Waals surface area contributed by atoms with Gasteiger partial charge in [-0.15, -0.1) is 0 Å². The number of ketones is 1. The number of nitrogens with two attached hydrogens (primary N) is 1. The third kappa shape index (κ3) is 2.41. The van der Waals surface area contributed by atoms with Crippen molar-refractivity contribution >= 4 is 21.7 Å². The quantitative estimate of drug-likeness (QED) is 0.682. The van der Waals surface area contributed by atoms with Crippen LogP contribution in [0.3, 0.4) is 0 Å². The zero-order valence-electron chi connectivity index (χ0n) is 8.06. The number of Topliss-reactive ketones (excluding diaryl/α,β-unsaturated/α-hetero) is 1. The zero-order chi connectivity index (χ0) is 11.6. The minimum atomic E-state index is -0.899. The van der Waals surface area contributed by atoms with Gasteiger partial charge in [-0.05, 0) is 34.5 Å². The van der Waals surface area contributed by atoms with Gasteiger partial charge in [-0.25, -0.2) is 8.78 Å². The second-order valence-corrected chi connectivity index (χ2v) is 3.95. The van der Waals surface area contributed by atoms with Crippen LogP contribution in [0.15, 0.2) is 16.6 Å². The first-order valence-corrected chi connectivity index (χ1v) is 5.21. The summed E-state index contributed by atoms with van der Waals surface area (Å²) in [7, 11) is 0. The largest absolute Gasteiger partial charge is 0.321 e. The Balaban J connectivity index is 3.24. The van der Waals surface area contributed by atoms with Gasteiger partial charge >= 0.3 is 0 Å². The standard InChI is InChI=1S/C10H10BrF2NO/c1-2-7(14)10(15)8-6(12)4-3-5(11)9(8)13/h3-4,7H,2,14H2,1H3. The number of rotatable bonds is 3. The van der Waals surface area contributed by atoms with E-state index in [2.05, 4.69) is 15.9 Å². The first kappa shape index (κ1) is 12.3. The van der Waals surface area contributed by atoms with Gasteiger partial charge < -0.3 is 5.73 Å². The van der Waals surface area contributed by atoms with Crippen LogP contribution in [-0.4, -0.2) is 11.8 Å². The Hall–Kier alpha value is -0.810. The smallest absolute Gasteiger partial charge is 0.185 e. The van der Waals surface area contributed by atoms with E-state index in [1.54, 1.807) is 6.92 Å². The van der Waals surface area contributed by atoms with E-state index >= 15 is 0 Å². The molecule has 0 aliphatic rings. The minimum Gasteiger partial charge on any atom is -0.321 e. The van der Waals surface area contributed by atoms with E-state index < -0.39 is 29.0 Å². The predicted molar refractivity (Wildman–Crippen MR) is 56.7 cm³/mol. The van der Waals surface area contributed by atoms with Crippen molar-refractivity contribution in [1.29, 1.82) is 0 Å². The maximum Gasteiger partial charge on any atom is 0.185 e. The second-order valence-electron chi connectivity index (χ2n) is 3.10. The third-order valence-electron chi connectivity index (χ3n) is 2.07. The van der Waals surface area contributed by atoms with Gasteiger partial charge in [-0.3, -0.25) is 4.79 Å². The molecule has 1 unspecified atom stereocenters. The van der Waals surface area contributed by atoms with Crippen LogP contribution in [-0.2, 0) is 0 Å². The van der Waals surface area contributed by atoms with Crippen molar-refractivity contribution in [2.24, 2.45) is 5.73 Å². The van der Waals surface area contributed by atoms with Gasteiger partial charge in [0, 0.05) is 0 Å². The first-order valence-electron chi connectivity index (χ1n) is 4.42. The summed E-state index contributed by atoms with van der Waals surface area (Å²) in [5, 5.41) is 0. The van der Waals surface area contributed by atoms with E-state index in [0.29, 0.717) is 6.42 Å².